The lowest BCUT2D eigenvalue weighted by molar-refractivity contribution is -0.129. The highest BCUT2D eigenvalue weighted by atomic mass is 35.5. The van der Waals surface area contributed by atoms with E-state index in [0.29, 0.717) is 59.3 Å². The van der Waals surface area contributed by atoms with E-state index in [0.717, 1.165) is 12.0 Å². The maximum Gasteiger partial charge on any atom is 0.154 e. The van der Waals surface area contributed by atoms with Gasteiger partial charge in [-0.05, 0) is 50.5 Å². The van der Waals surface area contributed by atoms with Crippen molar-refractivity contribution in [3.8, 4) is 11.5 Å². The number of aromatic hydroxyl groups is 1. The summed E-state index contributed by atoms with van der Waals surface area (Å²) in [6, 6.07) is 0. The van der Waals surface area contributed by atoms with Crippen LogP contribution in [0.1, 0.15) is 68.9 Å². The fourth-order valence-corrected chi connectivity index (χ4v) is 4.38. The number of carbonyl (C=O) groups excluding carboxylic acids is 2. The fourth-order valence-electron chi connectivity index (χ4n) is 4.11. The first-order valence-corrected chi connectivity index (χ1v) is 11.0. The van der Waals surface area contributed by atoms with Crippen LogP contribution in [0.5, 0.6) is 11.5 Å². The molecule has 0 bridgehead atoms. The van der Waals surface area contributed by atoms with Crippen molar-refractivity contribution >= 4 is 23.7 Å². The Morgan fingerprint density at radius 3 is 2.63 bits per heavy atom. The van der Waals surface area contributed by atoms with Gasteiger partial charge in [-0.1, -0.05) is 56.2 Å². The molecular formula is C25H33ClO4. The average Bonchev–Trinajstić information content (AvgIpc) is 2.72. The third kappa shape index (κ3) is 4.64. The van der Waals surface area contributed by atoms with E-state index in [1.165, 1.54) is 0 Å². The summed E-state index contributed by atoms with van der Waals surface area (Å²) in [5.74, 6) is 1.07. The van der Waals surface area contributed by atoms with Gasteiger partial charge in [-0.3, -0.25) is 9.59 Å². The normalized spacial score (nSPS) is 25.0. The Bertz CT molecular complexity index is 884. The van der Waals surface area contributed by atoms with Crippen molar-refractivity contribution in [2.75, 3.05) is 6.61 Å². The molecule has 0 spiro atoms. The number of phenolic OH excluding ortho intramolecular Hbond substituents is 1. The summed E-state index contributed by atoms with van der Waals surface area (Å²) >= 11 is 6.41. The van der Waals surface area contributed by atoms with Gasteiger partial charge in [-0.15, -0.1) is 0 Å². The number of halogens is 1. The van der Waals surface area contributed by atoms with E-state index in [2.05, 4.69) is 19.9 Å². The van der Waals surface area contributed by atoms with Gasteiger partial charge >= 0.3 is 0 Å². The van der Waals surface area contributed by atoms with Crippen LogP contribution in [-0.4, -0.2) is 23.8 Å². The predicted molar refractivity (Wildman–Crippen MR) is 122 cm³/mol. The van der Waals surface area contributed by atoms with Crippen LogP contribution in [0.4, 0.5) is 0 Å². The quantitative estimate of drug-likeness (QED) is 0.408. The van der Waals surface area contributed by atoms with Crippen molar-refractivity contribution in [1.29, 1.82) is 0 Å². The molecule has 0 aliphatic heterocycles. The van der Waals surface area contributed by atoms with Crippen molar-refractivity contribution < 1.29 is 19.4 Å². The molecule has 2 rings (SSSR count). The topological polar surface area (TPSA) is 63.6 Å². The molecular weight excluding hydrogens is 400 g/mol. The molecule has 4 nitrogen and oxygen atoms in total. The second-order valence-electron chi connectivity index (χ2n) is 8.54. The molecule has 0 aromatic heterocycles. The second-order valence-corrected chi connectivity index (χ2v) is 8.92. The number of allylic oxidation sites excluding steroid dienone is 4. The van der Waals surface area contributed by atoms with E-state index < -0.39 is 0 Å². The third-order valence-corrected chi connectivity index (χ3v) is 7.24. The number of benzene rings is 1. The summed E-state index contributed by atoms with van der Waals surface area (Å²) in [6.45, 7) is 12.3. The molecule has 0 saturated heterocycles. The summed E-state index contributed by atoms with van der Waals surface area (Å²) in [4.78, 5) is 23.7. The number of ketones is 1. The molecule has 0 radical (unpaired) electrons. The van der Waals surface area contributed by atoms with E-state index in [4.69, 9.17) is 16.3 Å². The molecule has 30 heavy (non-hydrogen) atoms. The number of Topliss-reactive ketones (excluding diaryl/α,β-unsaturated/α-hetero) is 1. The third-order valence-electron chi connectivity index (χ3n) is 6.79. The monoisotopic (exact) mass is 432 g/mol. The van der Waals surface area contributed by atoms with Crippen LogP contribution in [0.15, 0.2) is 23.8 Å². The van der Waals surface area contributed by atoms with Crippen LogP contribution in [0.25, 0.3) is 0 Å². The number of phenols is 1. The molecule has 1 aliphatic carbocycles. The molecule has 3 atom stereocenters. The summed E-state index contributed by atoms with van der Waals surface area (Å²) in [5, 5.41) is 11.0. The Morgan fingerprint density at radius 2 is 2.03 bits per heavy atom. The summed E-state index contributed by atoms with van der Waals surface area (Å²) in [7, 11) is 0. The Kier molecular flexibility index (Phi) is 7.93. The van der Waals surface area contributed by atoms with Crippen LogP contribution in [0, 0.1) is 24.2 Å². The van der Waals surface area contributed by atoms with Crippen molar-refractivity contribution in [2.24, 2.45) is 17.3 Å². The van der Waals surface area contributed by atoms with Crippen molar-refractivity contribution in [3.63, 3.8) is 0 Å². The zero-order valence-corrected chi connectivity index (χ0v) is 19.6. The lowest BCUT2D eigenvalue weighted by Gasteiger charge is -2.42. The highest BCUT2D eigenvalue weighted by Gasteiger charge is 2.41. The van der Waals surface area contributed by atoms with Gasteiger partial charge in [0.2, 0.25) is 0 Å². The number of hydrogen-bond donors (Lipinski definition) is 1. The standard InChI is InChI=1S/C25H33ClO4/c1-7-30-24-19(23(29)20(14-27)17(4)22(24)26)10-8-15(2)12-13-25(6)16(3)9-11-21(28)18(25)5/h8,12-14,16,18,29H,7,9-11H2,1-6H3/b13-12+,15-8+. The summed E-state index contributed by atoms with van der Waals surface area (Å²) in [6.07, 6.45) is 8.72. The zero-order valence-electron chi connectivity index (χ0n) is 18.8. The van der Waals surface area contributed by atoms with Crippen LogP contribution >= 0.6 is 11.6 Å². The van der Waals surface area contributed by atoms with Crippen molar-refractivity contribution in [2.45, 2.75) is 60.8 Å². The first-order valence-electron chi connectivity index (χ1n) is 10.6. The molecule has 1 saturated carbocycles. The van der Waals surface area contributed by atoms with Crippen LogP contribution < -0.4 is 4.74 Å². The van der Waals surface area contributed by atoms with E-state index in [1.54, 1.807) is 6.92 Å². The maximum absolute atomic E-state index is 12.2. The van der Waals surface area contributed by atoms with E-state index in [1.807, 2.05) is 32.9 Å². The van der Waals surface area contributed by atoms with Crippen molar-refractivity contribution in [3.05, 3.63) is 45.5 Å². The predicted octanol–water partition coefficient (Wildman–Crippen LogP) is 6.25. The Balaban J connectivity index is 2.35. The molecule has 1 aromatic carbocycles. The van der Waals surface area contributed by atoms with Gasteiger partial charge in [0.25, 0.3) is 0 Å². The zero-order chi connectivity index (χ0) is 22.6. The van der Waals surface area contributed by atoms with E-state index in [-0.39, 0.29) is 22.6 Å². The fraction of sp³-hybridized carbons (Fsp3) is 0.520. The van der Waals surface area contributed by atoms with Gasteiger partial charge < -0.3 is 9.84 Å². The molecule has 0 amide bonds. The largest absolute Gasteiger partial charge is 0.507 e. The Hall–Kier alpha value is -2.07. The SMILES string of the molecule is CCOc1c(Cl)c(C)c(C=O)c(O)c1C/C=C(C)/C=C/C1(C)C(C)CCC(=O)C1C. The first-order chi connectivity index (χ1) is 14.1. The number of ether oxygens (including phenoxy) is 1. The molecule has 1 aliphatic rings. The van der Waals surface area contributed by atoms with Gasteiger partial charge in [-0.25, -0.2) is 0 Å². The number of carbonyl (C=O) groups is 2. The molecule has 3 unspecified atom stereocenters. The van der Waals surface area contributed by atoms with Gasteiger partial charge in [-0.2, -0.15) is 0 Å². The molecule has 1 N–H and O–H groups in total. The molecule has 0 heterocycles. The smallest absolute Gasteiger partial charge is 0.154 e. The molecule has 1 fully saturated rings. The Morgan fingerprint density at radius 1 is 1.37 bits per heavy atom. The number of rotatable bonds is 7. The lowest BCUT2D eigenvalue weighted by Crippen LogP contribution is -2.40. The second kappa shape index (κ2) is 9.82. The summed E-state index contributed by atoms with van der Waals surface area (Å²) < 4.78 is 5.68. The van der Waals surface area contributed by atoms with Crippen LogP contribution in [-0.2, 0) is 11.2 Å². The highest BCUT2D eigenvalue weighted by Crippen LogP contribution is 2.45. The van der Waals surface area contributed by atoms with E-state index >= 15 is 0 Å². The van der Waals surface area contributed by atoms with Gasteiger partial charge in [0.15, 0.2) is 6.29 Å². The van der Waals surface area contributed by atoms with Crippen LogP contribution in [0.2, 0.25) is 5.02 Å². The van der Waals surface area contributed by atoms with Crippen LogP contribution in [0.3, 0.4) is 0 Å². The molecule has 164 valence electrons. The minimum Gasteiger partial charge on any atom is -0.507 e. The maximum atomic E-state index is 12.2. The Labute approximate surface area is 185 Å². The minimum absolute atomic E-state index is 0.00930. The van der Waals surface area contributed by atoms with Gasteiger partial charge in [0.1, 0.15) is 17.3 Å². The molecule has 5 heteroatoms. The highest BCUT2D eigenvalue weighted by molar-refractivity contribution is 6.33. The minimum atomic E-state index is -0.180. The number of hydrogen-bond acceptors (Lipinski definition) is 4. The van der Waals surface area contributed by atoms with E-state index in [9.17, 15) is 14.7 Å². The van der Waals surface area contributed by atoms with Gasteiger partial charge in [0, 0.05) is 17.9 Å². The lowest BCUT2D eigenvalue weighted by atomic mass is 9.61. The van der Waals surface area contributed by atoms with Crippen molar-refractivity contribution in [1.82, 2.24) is 0 Å². The average molecular weight is 433 g/mol. The summed E-state index contributed by atoms with van der Waals surface area (Å²) in [5.41, 5.74) is 2.02. The number of aldehydes is 1. The molecule has 1 aromatic rings. The first kappa shape index (κ1) is 24.2. The van der Waals surface area contributed by atoms with Gasteiger partial charge in [0.05, 0.1) is 17.2 Å².